The third-order valence-electron chi connectivity index (χ3n) is 4.17. The number of hydrogen-bond donors (Lipinski definition) is 1. The van der Waals surface area contributed by atoms with Crippen molar-refractivity contribution in [1.82, 2.24) is 10.2 Å². The maximum absolute atomic E-state index is 12.7. The van der Waals surface area contributed by atoms with Gasteiger partial charge in [-0.05, 0) is 30.7 Å². The zero-order chi connectivity index (χ0) is 18.7. The van der Waals surface area contributed by atoms with Crippen LogP contribution in [0.1, 0.15) is 17.2 Å². The fraction of sp³-hybridized carbons (Fsp3) is 0.263. The highest BCUT2D eigenvalue weighted by Crippen LogP contribution is 2.28. The molecule has 1 unspecified atom stereocenters. The molecule has 3 rings (SSSR count). The molecule has 2 amide bonds. The molecule has 1 heterocycles. The number of rotatable bonds is 4. The van der Waals surface area contributed by atoms with Crippen LogP contribution in [-0.4, -0.2) is 36.4 Å². The number of carbonyl (C=O) groups excluding carboxylic acids is 2. The molecular formula is C19H18Cl2N2O3. The Bertz CT molecular complexity index is 824. The van der Waals surface area contributed by atoms with E-state index < -0.39 is 6.04 Å². The van der Waals surface area contributed by atoms with Gasteiger partial charge in [0.15, 0.2) is 6.61 Å². The maximum Gasteiger partial charge on any atom is 0.261 e. The lowest BCUT2D eigenvalue weighted by molar-refractivity contribution is -0.145. The molecule has 1 fully saturated rings. The molecule has 0 bridgehead atoms. The normalized spacial score (nSPS) is 17.0. The van der Waals surface area contributed by atoms with Crippen LogP contribution >= 0.6 is 23.2 Å². The van der Waals surface area contributed by atoms with Crippen LogP contribution < -0.4 is 10.1 Å². The molecule has 136 valence electrons. The van der Waals surface area contributed by atoms with E-state index in [4.69, 9.17) is 27.9 Å². The summed E-state index contributed by atoms with van der Waals surface area (Å²) in [6, 6.07) is 11.7. The first-order valence-electron chi connectivity index (χ1n) is 8.17. The van der Waals surface area contributed by atoms with E-state index in [0.29, 0.717) is 28.9 Å². The minimum Gasteiger partial charge on any atom is -0.482 e. The van der Waals surface area contributed by atoms with Gasteiger partial charge in [0.05, 0.1) is 5.02 Å². The van der Waals surface area contributed by atoms with Gasteiger partial charge in [0, 0.05) is 18.1 Å². The van der Waals surface area contributed by atoms with E-state index in [9.17, 15) is 9.59 Å². The summed E-state index contributed by atoms with van der Waals surface area (Å²) in [5.41, 5.74) is 1.86. The maximum atomic E-state index is 12.7. The largest absolute Gasteiger partial charge is 0.482 e. The SMILES string of the molecule is Cc1ccc(C2C(=O)NCCN2C(=O)COc2ccc(Cl)cc2Cl)cc1. The van der Waals surface area contributed by atoms with Crippen molar-refractivity contribution in [3.8, 4) is 5.75 Å². The van der Waals surface area contributed by atoms with E-state index in [2.05, 4.69) is 5.32 Å². The van der Waals surface area contributed by atoms with Crippen molar-refractivity contribution >= 4 is 35.0 Å². The summed E-state index contributed by atoms with van der Waals surface area (Å²) < 4.78 is 5.53. The highest BCUT2D eigenvalue weighted by molar-refractivity contribution is 6.35. The summed E-state index contributed by atoms with van der Waals surface area (Å²) in [7, 11) is 0. The average Bonchev–Trinajstić information content (AvgIpc) is 2.61. The first kappa shape index (κ1) is 18.5. The van der Waals surface area contributed by atoms with Gasteiger partial charge in [-0.2, -0.15) is 0 Å². The van der Waals surface area contributed by atoms with E-state index in [1.54, 1.807) is 18.2 Å². The molecule has 2 aromatic carbocycles. The van der Waals surface area contributed by atoms with Crippen LogP contribution in [0.2, 0.25) is 10.0 Å². The topological polar surface area (TPSA) is 58.6 Å². The smallest absolute Gasteiger partial charge is 0.261 e. The average molecular weight is 393 g/mol. The number of nitrogens with one attached hydrogen (secondary N) is 1. The van der Waals surface area contributed by atoms with Crippen molar-refractivity contribution in [1.29, 1.82) is 0 Å². The second-order valence-corrected chi connectivity index (χ2v) is 6.90. The number of ether oxygens (including phenoxy) is 1. The third-order valence-corrected chi connectivity index (χ3v) is 4.70. The van der Waals surface area contributed by atoms with Crippen molar-refractivity contribution in [2.24, 2.45) is 0 Å². The van der Waals surface area contributed by atoms with Crippen LogP contribution in [0.15, 0.2) is 42.5 Å². The predicted octanol–water partition coefficient (Wildman–Crippen LogP) is 3.38. The van der Waals surface area contributed by atoms with Gasteiger partial charge in [-0.3, -0.25) is 9.59 Å². The van der Waals surface area contributed by atoms with Gasteiger partial charge in [-0.25, -0.2) is 0 Å². The lowest BCUT2D eigenvalue weighted by Crippen LogP contribution is -2.53. The van der Waals surface area contributed by atoms with E-state index in [1.165, 1.54) is 4.90 Å². The molecule has 5 nitrogen and oxygen atoms in total. The molecule has 1 saturated heterocycles. The third kappa shape index (κ3) is 4.11. The quantitative estimate of drug-likeness (QED) is 0.867. The molecule has 1 N–H and O–H groups in total. The second-order valence-electron chi connectivity index (χ2n) is 6.05. The molecule has 26 heavy (non-hydrogen) atoms. The Labute approximate surface area is 161 Å². The molecule has 0 radical (unpaired) electrons. The number of aryl methyl sites for hydroxylation is 1. The standard InChI is InChI=1S/C19H18Cl2N2O3/c1-12-2-4-13(5-3-12)18-19(25)22-8-9-23(18)17(24)11-26-16-7-6-14(20)10-15(16)21/h2-7,10,18H,8-9,11H2,1H3,(H,22,25). The van der Waals surface area contributed by atoms with E-state index in [-0.39, 0.29) is 18.4 Å². The highest BCUT2D eigenvalue weighted by atomic mass is 35.5. The molecular weight excluding hydrogens is 375 g/mol. The van der Waals surface area contributed by atoms with E-state index >= 15 is 0 Å². The first-order chi connectivity index (χ1) is 12.5. The Balaban J connectivity index is 1.75. The summed E-state index contributed by atoms with van der Waals surface area (Å²) in [5.74, 6) is -0.104. The summed E-state index contributed by atoms with van der Waals surface area (Å²) in [6.07, 6.45) is 0. The van der Waals surface area contributed by atoms with Crippen LogP contribution in [-0.2, 0) is 9.59 Å². The van der Waals surface area contributed by atoms with Gasteiger partial charge < -0.3 is 15.0 Å². The minimum absolute atomic E-state index is 0.196. The zero-order valence-electron chi connectivity index (χ0n) is 14.2. The lowest BCUT2D eigenvalue weighted by Gasteiger charge is -2.35. The minimum atomic E-state index is -0.666. The molecule has 0 spiro atoms. The van der Waals surface area contributed by atoms with Gasteiger partial charge in [0.2, 0.25) is 5.91 Å². The van der Waals surface area contributed by atoms with Crippen LogP contribution in [0.25, 0.3) is 0 Å². The van der Waals surface area contributed by atoms with Gasteiger partial charge in [0.1, 0.15) is 11.8 Å². The number of carbonyl (C=O) groups is 2. The van der Waals surface area contributed by atoms with E-state index in [0.717, 1.165) is 11.1 Å². The highest BCUT2D eigenvalue weighted by Gasteiger charge is 2.34. The molecule has 1 atom stereocenters. The van der Waals surface area contributed by atoms with Gasteiger partial charge in [-0.15, -0.1) is 0 Å². The van der Waals surface area contributed by atoms with Crippen molar-refractivity contribution in [3.63, 3.8) is 0 Å². The summed E-state index contributed by atoms with van der Waals surface area (Å²) in [6.45, 7) is 2.59. The Morgan fingerprint density at radius 3 is 2.65 bits per heavy atom. The molecule has 1 aliphatic heterocycles. The van der Waals surface area contributed by atoms with E-state index in [1.807, 2.05) is 31.2 Å². The molecule has 2 aromatic rings. The Morgan fingerprint density at radius 1 is 1.23 bits per heavy atom. The molecule has 0 aromatic heterocycles. The van der Waals surface area contributed by atoms with Gasteiger partial charge in [0.25, 0.3) is 5.91 Å². The first-order valence-corrected chi connectivity index (χ1v) is 8.93. The lowest BCUT2D eigenvalue weighted by atomic mass is 10.0. The molecule has 1 aliphatic rings. The van der Waals surface area contributed by atoms with Crippen molar-refractivity contribution in [2.75, 3.05) is 19.7 Å². The summed E-state index contributed by atoms with van der Waals surface area (Å²) in [5, 5.41) is 3.63. The second kappa shape index (κ2) is 7.98. The van der Waals surface area contributed by atoms with Crippen molar-refractivity contribution in [2.45, 2.75) is 13.0 Å². The number of nitrogens with zero attached hydrogens (tertiary/aromatic N) is 1. The van der Waals surface area contributed by atoms with Gasteiger partial charge >= 0.3 is 0 Å². The molecule has 7 heteroatoms. The fourth-order valence-corrected chi connectivity index (χ4v) is 3.29. The predicted molar refractivity (Wildman–Crippen MR) is 101 cm³/mol. The number of piperazine rings is 1. The number of halogens is 2. The molecule has 0 saturated carbocycles. The number of benzene rings is 2. The summed E-state index contributed by atoms with van der Waals surface area (Å²) in [4.78, 5) is 26.6. The number of amides is 2. The van der Waals surface area contributed by atoms with Gasteiger partial charge in [-0.1, -0.05) is 53.0 Å². The van der Waals surface area contributed by atoms with Crippen molar-refractivity contribution < 1.29 is 14.3 Å². The number of hydrogen-bond acceptors (Lipinski definition) is 3. The van der Waals surface area contributed by atoms with Crippen LogP contribution in [0.3, 0.4) is 0 Å². The Hall–Kier alpha value is -2.24. The van der Waals surface area contributed by atoms with Crippen molar-refractivity contribution in [3.05, 3.63) is 63.6 Å². The monoisotopic (exact) mass is 392 g/mol. The zero-order valence-corrected chi connectivity index (χ0v) is 15.7. The Kier molecular flexibility index (Phi) is 5.69. The van der Waals surface area contributed by atoms with Crippen LogP contribution in [0.4, 0.5) is 0 Å². The van der Waals surface area contributed by atoms with Crippen LogP contribution in [0, 0.1) is 6.92 Å². The van der Waals surface area contributed by atoms with Crippen LogP contribution in [0.5, 0.6) is 5.75 Å². The fourth-order valence-electron chi connectivity index (χ4n) is 2.83. The summed E-state index contributed by atoms with van der Waals surface area (Å²) >= 11 is 11.9. The molecule has 0 aliphatic carbocycles. The Morgan fingerprint density at radius 2 is 1.96 bits per heavy atom.